The Morgan fingerprint density at radius 2 is 2.04 bits per heavy atom. The number of hydrogen-bond donors (Lipinski definition) is 2. The normalized spacial score (nSPS) is 20.1. The monoisotopic (exact) mass is 628 g/mol. The highest BCUT2D eigenvalue weighted by Crippen LogP contribution is 2.39. The minimum Gasteiger partial charge on any atom is -0.443 e. The number of imidazole rings is 1. The van der Waals surface area contributed by atoms with Gasteiger partial charge in [0, 0.05) is 50.0 Å². The summed E-state index contributed by atoms with van der Waals surface area (Å²) in [5.41, 5.74) is 4.47. The van der Waals surface area contributed by atoms with Gasteiger partial charge in [-0.1, -0.05) is 12.1 Å². The lowest BCUT2D eigenvalue weighted by Gasteiger charge is -2.23. The van der Waals surface area contributed by atoms with Crippen LogP contribution in [0.25, 0.3) is 16.9 Å². The maximum atomic E-state index is 14.0. The average molecular weight is 629 g/mol. The zero-order chi connectivity index (χ0) is 32.2. The fourth-order valence-electron chi connectivity index (χ4n) is 6.55. The van der Waals surface area contributed by atoms with Crippen molar-refractivity contribution in [1.82, 2.24) is 24.2 Å². The number of carbonyl (C=O) groups excluding carboxylic acids is 2. The Morgan fingerprint density at radius 1 is 1.20 bits per heavy atom. The molecule has 0 spiro atoms. The first-order valence-corrected chi connectivity index (χ1v) is 15.6. The van der Waals surface area contributed by atoms with Gasteiger partial charge in [0.1, 0.15) is 22.9 Å². The zero-order valence-electron chi connectivity index (χ0n) is 26.1. The number of nitrogens with zero attached hydrogens (tertiary/aromatic N) is 5. The van der Waals surface area contributed by atoms with Gasteiger partial charge < -0.3 is 19.9 Å². The fraction of sp³-hybridized carbons (Fsp3) is 0.412. The molecule has 6 heterocycles. The molecular weight excluding hydrogens is 591 g/mol. The third-order valence-corrected chi connectivity index (χ3v) is 8.72. The van der Waals surface area contributed by atoms with Crippen LogP contribution >= 0.6 is 0 Å². The number of amides is 2. The summed E-state index contributed by atoms with van der Waals surface area (Å²) in [4.78, 5) is 39.9. The number of pyridine rings is 2. The number of rotatable bonds is 6. The molecule has 0 aliphatic carbocycles. The largest absolute Gasteiger partial charge is 0.443 e. The predicted octanol–water partition coefficient (Wildman–Crippen LogP) is 5.24. The van der Waals surface area contributed by atoms with Gasteiger partial charge in [0.25, 0.3) is 5.91 Å². The van der Waals surface area contributed by atoms with Crippen molar-refractivity contribution in [1.29, 1.82) is 0 Å². The van der Waals surface area contributed by atoms with E-state index in [1.165, 1.54) is 12.1 Å². The molecule has 12 heteroatoms. The van der Waals surface area contributed by atoms with Crippen LogP contribution in [0.4, 0.5) is 20.7 Å². The number of aliphatic hydroxyl groups is 1. The summed E-state index contributed by atoms with van der Waals surface area (Å²) in [7, 11) is 0. The van der Waals surface area contributed by atoms with Crippen LogP contribution in [0.2, 0.25) is 0 Å². The van der Waals surface area contributed by atoms with Crippen molar-refractivity contribution in [3.63, 3.8) is 0 Å². The summed E-state index contributed by atoms with van der Waals surface area (Å²) in [6.07, 6.45) is 3.80. The highest BCUT2D eigenvalue weighted by molar-refractivity contribution is 6.11. The predicted molar refractivity (Wildman–Crippen MR) is 168 cm³/mol. The van der Waals surface area contributed by atoms with E-state index in [0.29, 0.717) is 65.8 Å². The molecule has 3 aromatic heterocycles. The molecule has 7 rings (SSSR count). The van der Waals surface area contributed by atoms with E-state index in [0.717, 1.165) is 35.5 Å². The van der Waals surface area contributed by atoms with Crippen molar-refractivity contribution >= 4 is 29.2 Å². The van der Waals surface area contributed by atoms with Crippen LogP contribution < -0.4 is 5.32 Å². The number of aliphatic hydroxyl groups excluding tert-OH is 1. The number of β-amino-alcohol motifs (C(OH)–C–C–N with tert-alkyl or cyclic N) is 1. The maximum absolute atomic E-state index is 14.0. The quantitative estimate of drug-likeness (QED) is 0.295. The van der Waals surface area contributed by atoms with E-state index in [1.54, 1.807) is 43.6 Å². The van der Waals surface area contributed by atoms with Gasteiger partial charge in [0.2, 0.25) is 0 Å². The maximum Gasteiger partial charge on any atom is 0.417 e. The number of halogens is 1. The molecule has 0 bridgehead atoms. The van der Waals surface area contributed by atoms with E-state index in [4.69, 9.17) is 14.5 Å². The number of likely N-dealkylation sites (tertiary alicyclic amines) is 1. The van der Waals surface area contributed by atoms with Gasteiger partial charge in [0.05, 0.1) is 48.1 Å². The highest BCUT2D eigenvalue weighted by Gasteiger charge is 2.39. The number of nitrogens with one attached hydrogen (secondary N) is 1. The Balaban J connectivity index is 1.28. The molecule has 11 nitrogen and oxygen atoms in total. The Kier molecular flexibility index (Phi) is 7.74. The molecule has 46 heavy (non-hydrogen) atoms. The van der Waals surface area contributed by atoms with Gasteiger partial charge in [-0.2, -0.15) is 0 Å². The van der Waals surface area contributed by atoms with Crippen LogP contribution in [0, 0.1) is 5.82 Å². The van der Waals surface area contributed by atoms with E-state index >= 15 is 0 Å². The number of ether oxygens (including phenoxy) is 2. The summed E-state index contributed by atoms with van der Waals surface area (Å²) in [5.74, 6) is -0.0869. The van der Waals surface area contributed by atoms with Crippen molar-refractivity contribution in [3.05, 3.63) is 77.0 Å². The Labute approximate surface area is 266 Å². The van der Waals surface area contributed by atoms with E-state index < -0.39 is 23.4 Å². The number of anilines is 2. The summed E-state index contributed by atoms with van der Waals surface area (Å²) >= 11 is 0. The number of benzene rings is 1. The minimum absolute atomic E-state index is 0.00105. The van der Waals surface area contributed by atoms with E-state index in [9.17, 15) is 19.1 Å². The molecule has 2 atom stereocenters. The van der Waals surface area contributed by atoms with Crippen molar-refractivity contribution < 1.29 is 28.6 Å². The van der Waals surface area contributed by atoms with Gasteiger partial charge >= 0.3 is 6.09 Å². The van der Waals surface area contributed by atoms with E-state index in [2.05, 4.69) is 21.3 Å². The van der Waals surface area contributed by atoms with E-state index in [-0.39, 0.29) is 18.6 Å². The van der Waals surface area contributed by atoms with Gasteiger partial charge in [-0.25, -0.2) is 24.1 Å². The van der Waals surface area contributed by atoms with Gasteiger partial charge in [-0.15, -0.1) is 0 Å². The molecule has 0 radical (unpaired) electrons. The molecule has 240 valence electrons. The number of aromatic nitrogens is 3. The molecule has 0 saturated carbocycles. The topological polar surface area (TPSA) is 122 Å². The minimum atomic E-state index is -0.792. The molecule has 2 N–H and O–H groups in total. The standard InChI is InChI=1S/C34H37FN6O5/c1-34(2,3)46-33(44)41-17-25-24(28-15-36-30-14-21(35)8-12-40(28)30)4-6-26(31(25)32(41)43)37-29-7-5-23(20-10-13-45-19-20)27(38-29)18-39-11-9-22(42)16-39/h4-8,12,14-15,20,22,42H,9-11,13,16-19H2,1-3H3,(H,37,38)/t20-,22+/m1/s1. The highest BCUT2D eigenvalue weighted by atomic mass is 19.1. The SMILES string of the molecule is CC(C)(C)OC(=O)N1Cc2c(-c3cnc4cc(F)ccn34)ccc(Nc3ccc([C@@H]4CCOC4)c(CN4CC[C@H](O)C4)n3)c2C1=O. The second-order valence-corrected chi connectivity index (χ2v) is 13.2. The van der Waals surface area contributed by atoms with Gasteiger partial charge in [-0.05, 0) is 62.9 Å². The first-order chi connectivity index (χ1) is 22.0. The van der Waals surface area contributed by atoms with Gasteiger partial charge in [-0.3, -0.25) is 14.1 Å². The molecule has 2 amide bonds. The van der Waals surface area contributed by atoms with Crippen LogP contribution in [0.5, 0.6) is 0 Å². The third kappa shape index (κ3) is 5.83. The lowest BCUT2D eigenvalue weighted by Crippen LogP contribution is -2.37. The van der Waals surface area contributed by atoms with Crippen LogP contribution in [-0.4, -0.2) is 79.3 Å². The molecule has 4 aromatic rings. The van der Waals surface area contributed by atoms with Crippen molar-refractivity contribution in [2.75, 3.05) is 31.6 Å². The first-order valence-electron chi connectivity index (χ1n) is 15.6. The third-order valence-electron chi connectivity index (χ3n) is 8.72. The Hall–Kier alpha value is -4.39. The van der Waals surface area contributed by atoms with Crippen molar-refractivity contribution in [3.8, 4) is 11.3 Å². The van der Waals surface area contributed by atoms with Crippen LogP contribution in [0.3, 0.4) is 0 Å². The van der Waals surface area contributed by atoms with E-state index in [1.807, 2.05) is 12.1 Å². The number of hydrogen-bond acceptors (Lipinski definition) is 9. The lowest BCUT2D eigenvalue weighted by atomic mass is 9.96. The smallest absolute Gasteiger partial charge is 0.417 e. The van der Waals surface area contributed by atoms with Crippen molar-refractivity contribution in [2.45, 2.75) is 64.3 Å². The van der Waals surface area contributed by atoms with Crippen molar-refractivity contribution in [2.24, 2.45) is 0 Å². The number of carbonyl (C=O) groups is 2. The summed E-state index contributed by atoms with van der Waals surface area (Å²) < 4.78 is 26.9. The summed E-state index contributed by atoms with van der Waals surface area (Å²) in [6.45, 7) is 8.59. The average Bonchev–Trinajstić information content (AvgIpc) is 3.80. The molecule has 2 fully saturated rings. The second-order valence-electron chi connectivity index (χ2n) is 13.2. The first kappa shape index (κ1) is 30.3. The fourth-order valence-corrected chi connectivity index (χ4v) is 6.55. The molecular formula is C34H37FN6O5. The molecule has 3 aliphatic rings. The second kappa shape index (κ2) is 11.8. The summed E-state index contributed by atoms with van der Waals surface area (Å²) in [5, 5.41) is 13.5. The van der Waals surface area contributed by atoms with Crippen LogP contribution in [0.15, 0.2) is 48.8 Å². The molecule has 3 aliphatic heterocycles. The molecule has 2 saturated heterocycles. The lowest BCUT2D eigenvalue weighted by molar-refractivity contribution is 0.0248. The van der Waals surface area contributed by atoms with Crippen LogP contribution in [0.1, 0.15) is 66.7 Å². The van der Waals surface area contributed by atoms with Gasteiger partial charge in [0.15, 0.2) is 0 Å². The molecule has 0 unspecified atom stereocenters. The number of imide groups is 1. The summed E-state index contributed by atoms with van der Waals surface area (Å²) in [6, 6.07) is 10.3. The molecule has 1 aromatic carbocycles. The Bertz CT molecular complexity index is 1830. The number of fused-ring (bicyclic) bond motifs is 2. The zero-order valence-corrected chi connectivity index (χ0v) is 26.1. The Morgan fingerprint density at radius 3 is 2.78 bits per heavy atom. The van der Waals surface area contributed by atoms with Crippen LogP contribution in [-0.2, 0) is 22.6 Å².